The van der Waals surface area contributed by atoms with Crippen molar-refractivity contribution in [2.45, 2.75) is 35.7 Å². The van der Waals surface area contributed by atoms with E-state index < -0.39 is 23.3 Å². The van der Waals surface area contributed by atoms with Gasteiger partial charge in [0.15, 0.2) is 0 Å². The molecule has 1 aromatic rings. The second-order valence-electron chi connectivity index (χ2n) is 7.01. The third-order valence-electron chi connectivity index (χ3n) is 5.74. The number of hydrogen-bond acceptors (Lipinski definition) is 3. The Morgan fingerprint density at radius 1 is 1.41 bits per heavy atom. The summed E-state index contributed by atoms with van der Waals surface area (Å²) in [4.78, 5) is 12.2. The summed E-state index contributed by atoms with van der Waals surface area (Å²) in [6, 6.07) is 9.18. The van der Waals surface area contributed by atoms with Crippen LogP contribution in [0.3, 0.4) is 0 Å². The van der Waals surface area contributed by atoms with Crippen LogP contribution in [0, 0.1) is 11.3 Å². The number of ether oxygens (including phenoxy) is 2. The van der Waals surface area contributed by atoms with Crippen molar-refractivity contribution in [3.63, 3.8) is 0 Å². The SMILES string of the molecule is C[C@]12CO[C@@](C)(CC[C@H]1[Hg][Cl])[C@@H]2COC(=O)c1ccccc1. The van der Waals surface area contributed by atoms with E-state index in [9.17, 15) is 4.79 Å². The van der Waals surface area contributed by atoms with E-state index in [1.807, 2.05) is 18.2 Å². The van der Waals surface area contributed by atoms with Gasteiger partial charge in [-0.15, -0.1) is 0 Å². The number of fused-ring (bicyclic) bond motifs is 2. The summed E-state index contributed by atoms with van der Waals surface area (Å²) in [5.74, 6) is 0.00921. The molecule has 2 bridgehead atoms. The van der Waals surface area contributed by atoms with Crippen LogP contribution in [0.4, 0.5) is 0 Å². The van der Waals surface area contributed by atoms with Gasteiger partial charge in [0.05, 0.1) is 0 Å². The number of benzene rings is 1. The summed E-state index contributed by atoms with van der Waals surface area (Å²) >= 11 is -1.36. The number of halogens is 1. The van der Waals surface area contributed by atoms with Crippen molar-refractivity contribution in [1.82, 2.24) is 0 Å². The molecule has 116 valence electrons. The van der Waals surface area contributed by atoms with Gasteiger partial charge >= 0.3 is 148 Å². The van der Waals surface area contributed by atoms with Crippen molar-refractivity contribution in [2.75, 3.05) is 13.2 Å². The summed E-state index contributed by atoms with van der Waals surface area (Å²) in [6.07, 6.45) is 2.22. The number of hydrogen-bond donors (Lipinski definition) is 0. The van der Waals surface area contributed by atoms with Gasteiger partial charge in [0.1, 0.15) is 0 Å². The van der Waals surface area contributed by atoms with Crippen LogP contribution in [0.2, 0.25) is 3.43 Å². The fraction of sp³-hybridized carbons (Fsp3) is 0.588. The Labute approximate surface area is 147 Å². The van der Waals surface area contributed by atoms with Crippen molar-refractivity contribution in [3.8, 4) is 0 Å². The van der Waals surface area contributed by atoms with Gasteiger partial charge in [0.25, 0.3) is 0 Å². The Morgan fingerprint density at radius 3 is 2.82 bits per heavy atom. The molecule has 1 aliphatic carbocycles. The van der Waals surface area contributed by atoms with Crippen LogP contribution < -0.4 is 0 Å². The molecule has 0 unspecified atom stereocenters. The maximum absolute atomic E-state index is 12.2. The van der Waals surface area contributed by atoms with Crippen molar-refractivity contribution in [3.05, 3.63) is 35.9 Å². The van der Waals surface area contributed by atoms with Gasteiger partial charge in [-0.25, -0.2) is 0 Å². The van der Waals surface area contributed by atoms with E-state index in [-0.39, 0.29) is 22.9 Å². The molecule has 0 N–H and O–H groups in total. The van der Waals surface area contributed by atoms with Crippen LogP contribution in [0.5, 0.6) is 0 Å². The zero-order valence-electron chi connectivity index (χ0n) is 13.2. The van der Waals surface area contributed by atoms with E-state index in [2.05, 4.69) is 13.8 Å². The molecule has 0 amide bonds. The predicted molar refractivity (Wildman–Crippen MR) is 81.5 cm³/mol. The van der Waals surface area contributed by atoms with E-state index in [1.165, 1.54) is 6.42 Å². The van der Waals surface area contributed by atoms with E-state index in [0.29, 0.717) is 15.6 Å². The average Bonchev–Trinajstić information content (AvgIpc) is 2.70. The molecule has 0 radical (unpaired) electrons. The zero-order chi connectivity index (χ0) is 15.8. The van der Waals surface area contributed by atoms with Crippen LogP contribution in [-0.2, 0) is 32.8 Å². The second-order valence-corrected chi connectivity index (χ2v) is 14.8. The summed E-state index contributed by atoms with van der Waals surface area (Å²) in [5.41, 5.74) is 0.533. The first kappa shape index (κ1) is 16.7. The molecule has 1 aromatic carbocycles. The first-order valence-corrected chi connectivity index (χ1v) is 17.9. The van der Waals surface area contributed by atoms with Crippen molar-refractivity contribution in [2.24, 2.45) is 11.3 Å². The molecule has 1 saturated heterocycles. The number of carbonyl (C=O) groups excluding carboxylic acids is 1. The average molecular weight is 509 g/mol. The van der Waals surface area contributed by atoms with Crippen LogP contribution in [0.1, 0.15) is 37.0 Å². The molecule has 0 spiro atoms. The quantitative estimate of drug-likeness (QED) is 0.454. The van der Waals surface area contributed by atoms with Gasteiger partial charge < -0.3 is 0 Å². The standard InChI is InChI=1S/C17H21O3.ClH.Hg/c1-16-9-6-10-17(2,20-12-16)14(16)11-19-15(18)13-7-4-3-5-8-13;;/h3-5,7-9,14H,6,10-12H2,1-2H3;1H;/q;;+1/p-1/t14-,16-,17+;;/m1../s1. The summed E-state index contributed by atoms with van der Waals surface area (Å²) in [5, 5.41) is 0. The van der Waals surface area contributed by atoms with E-state index in [0.717, 1.165) is 13.0 Å². The first-order chi connectivity index (χ1) is 10.5. The monoisotopic (exact) mass is 510 g/mol. The molecule has 4 atom stereocenters. The maximum atomic E-state index is 12.2. The van der Waals surface area contributed by atoms with Gasteiger partial charge in [0.2, 0.25) is 0 Å². The van der Waals surface area contributed by atoms with Gasteiger partial charge in [-0.1, -0.05) is 0 Å². The van der Waals surface area contributed by atoms with Gasteiger partial charge in [-0.2, -0.15) is 0 Å². The zero-order valence-corrected chi connectivity index (χ0v) is 19.4. The third kappa shape index (κ3) is 2.85. The number of carbonyl (C=O) groups is 1. The Kier molecular flexibility index (Phi) is 4.87. The molecule has 2 fully saturated rings. The van der Waals surface area contributed by atoms with Crippen molar-refractivity contribution >= 4 is 14.2 Å². The Balaban J connectivity index is 1.72. The molecule has 0 aromatic heterocycles. The molecule has 3 rings (SSSR count). The molecule has 1 saturated carbocycles. The predicted octanol–water partition coefficient (Wildman–Crippen LogP) is 4.07. The summed E-state index contributed by atoms with van der Waals surface area (Å²) in [6.45, 7) is 5.64. The fourth-order valence-electron chi connectivity index (χ4n) is 4.10. The second kappa shape index (κ2) is 6.41. The Morgan fingerprint density at radius 2 is 2.14 bits per heavy atom. The minimum atomic E-state index is -1.36. The van der Waals surface area contributed by atoms with Crippen molar-refractivity contribution < 1.29 is 37.6 Å². The van der Waals surface area contributed by atoms with Crippen molar-refractivity contribution in [1.29, 1.82) is 0 Å². The van der Waals surface area contributed by atoms with Gasteiger partial charge in [-0.05, 0) is 0 Å². The molecular formula is C17H21ClHgO3. The normalized spacial score (nSPS) is 36.7. The molecule has 3 nitrogen and oxygen atoms in total. The number of rotatable bonds is 4. The van der Waals surface area contributed by atoms with E-state index in [4.69, 9.17) is 17.7 Å². The van der Waals surface area contributed by atoms with Crippen LogP contribution in [0.15, 0.2) is 30.3 Å². The first-order valence-electron chi connectivity index (χ1n) is 7.92. The minimum absolute atomic E-state index is 0.0905. The van der Waals surface area contributed by atoms with Gasteiger partial charge in [0, 0.05) is 0 Å². The summed E-state index contributed by atoms with van der Waals surface area (Å²) < 4.78 is 12.4. The fourth-order valence-corrected chi connectivity index (χ4v) is 12.9. The summed E-state index contributed by atoms with van der Waals surface area (Å²) in [7, 11) is 6.39. The molecule has 5 heteroatoms. The van der Waals surface area contributed by atoms with E-state index in [1.54, 1.807) is 12.1 Å². The third-order valence-corrected chi connectivity index (χ3v) is 15.7. The van der Waals surface area contributed by atoms with E-state index >= 15 is 0 Å². The Bertz CT molecular complexity index is 552. The number of esters is 1. The van der Waals surface area contributed by atoms with Crippen LogP contribution >= 0.6 is 8.25 Å². The van der Waals surface area contributed by atoms with Gasteiger partial charge in [-0.3, -0.25) is 0 Å². The molecule has 2 aliphatic rings. The molecule has 1 heterocycles. The van der Waals surface area contributed by atoms with Crippen LogP contribution in [0.25, 0.3) is 0 Å². The van der Waals surface area contributed by atoms with Crippen LogP contribution in [-0.4, -0.2) is 24.8 Å². The molecule has 1 aliphatic heterocycles. The topological polar surface area (TPSA) is 35.5 Å². The molecule has 22 heavy (non-hydrogen) atoms. The molecular weight excluding hydrogens is 488 g/mol. The Hall–Kier alpha value is -0.125.